The van der Waals surface area contributed by atoms with Crippen molar-refractivity contribution >= 4 is 47.4 Å². The average molecular weight is 495 g/mol. The predicted molar refractivity (Wildman–Crippen MR) is 117 cm³/mol. The Bertz CT molecular complexity index is 607. The van der Waals surface area contributed by atoms with Crippen LogP contribution in [0, 0.1) is 0 Å². The zero-order valence-electron chi connectivity index (χ0n) is 15.3. The van der Waals surface area contributed by atoms with Crippen LogP contribution in [-0.2, 0) is 4.74 Å². The third-order valence-corrected chi connectivity index (χ3v) is 4.37. The van der Waals surface area contributed by atoms with E-state index < -0.39 is 0 Å². The molecule has 3 N–H and O–H groups in total. The Morgan fingerprint density at radius 1 is 1.27 bits per heavy atom. The summed E-state index contributed by atoms with van der Waals surface area (Å²) in [5.41, 5.74) is 0.316. The minimum Gasteiger partial charge on any atom is -0.373 e. The van der Waals surface area contributed by atoms with E-state index in [0.717, 1.165) is 32.0 Å². The lowest BCUT2D eigenvalue weighted by molar-refractivity contribution is 0.0283. The van der Waals surface area contributed by atoms with Gasteiger partial charge in [0.1, 0.15) is 0 Å². The molecule has 1 aliphatic heterocycles. The summed E-state index contributed by atoms with van der Waals surface area (Å²) in [6.07, 6.45) is 2.12. The fraction of sp³-hybridized carbons (Fsp3) is 0.556. The number of hydrogen-bond acceptors (Lipinski definition) is 3. The lowest BCUT2D eigenvalue weighted by atomic mass is 10.0. The van der Waals surface area contributed by atoms with E-state index >= 15 is 0 Å². The van der Waals surface area contributed by atoms with Crippen LogP contribution < -0.4 is 16.0 Å². The predicted octanol–water partition coefficient (Wildman–Crippen LogP) is 2.81. The lowest BCUT2D eigenvalue weighted by Crippen LogP contribution is -2.42. The Kier molecular flexibility index (Phi) is 10.3. The smallest absolute Gasteiger partial charge is 0.252 e. The molecule has 0 aliphatic carbocycles. The van der Waals surface area contributed by atoms with Crippen LogP contribution in [0.5, 0.6) is 0 Å². The van der Waals surface area contributed by atoms with Gasteiger partial charge in [-0.2, -0.15) is 0 Å². The number of amides is 1. The van der Waals surface area contributed by atoms with Gasteiger partial charge in [0.2, 0.25) is 0 Å². The summed E-state index contributed by atoms with van der Waals surface area (Å²) in [4.78, 5) is 16.7. The second-order valence-electron chi connectivity index (χ2n) is 6.26. The zero-order valence-corrected chi connectivity index (χ0v) is 18.4. The maximum absolute atomic E-state index is 12.1. The first-order chi connectivity index (χ1) is 12.0. The van der Waals surface area contributed by atoms with Crippen LogP contribution in [-0.4, -0.2) is 50.3 Å². The van der Waals surface area contributed by atoms with E-state index in [2.05, 4.69) is 27.9 Å². The fourth-order valence-corrected chi connectivity index (χ4v) is 2.87. The summed E-state index contributed by atoms with van der Waals surface area (Å²) in [6.45, 7) is 7.36. The minimum absolute atomic E-state index is 0. The van der Waals surface area contributed by atoms with Crippen molar-refractivity contribution in [3.8, 4) is 0 Å². The third-order valence-electron chi connectivity index (χ3n) is 4.04. The molecule has 8 heteroatoms. The van der Waals surface area contributed by atoms with Crippen molar-refractivity contribution < 1.29 is 9.53 Å². The Morgan fingerprint density at radius 3 is 2.65 bits per heavy atom. The molecule has 1 aliphatic rings. The van der Waals surface area contributed by atoms with Crippen LogP contribution in [0.4, 0.5) is 0 Å². The first-order valence-corrected chi connectivity index (χ1v) is 9.11. The highest BCUT2D eigenvalue weighted by molar-refractivity contribution is 14.0. The Labute approximate surface area is 177 Å². The van der Waals surface area contributed by atoms with E-state index in [1.165, 1.54) is 0 Å². The van der Waals surface area contributed by atoms with Crippen molar-refractivity contribution in [2.75, 3.05) is 32.8 Å². The molecule has 0 bridgehead atoms. The fourth-order valence-electron chi connectivity index (χ4n) is 2.65. The summed E-state index contributed by atoms with van der Waals surface area (Å²) < 4.78 is 5.75. The van der Waals surface area contributed by atoms with Gasteiger partial charge in [-0.3, -0.25) is 9.79 Å². The number of hydrogen-bond donors (Lipinski definition) is 3. The van der Waals surface area contributed by atoms with E-state index in [0.29, 0.717) is 30.2 Å². The van der Waals surface area contributed by atoms with Gasteiger partial charge in [-0.25, -0.2) is 0 Å². The highest BCUT2D eigenvalue weighted by atomic mass is 127. The van der Waals surface area contributed by atoms with Gasteiger partial charge >= 0.3 is 0 Å². The molecule has 1 unspecified atom stereocenters. The molecular weight excluding hydrogens is 467 g/mol. The number of benzene rings is 1. The van der Waals surface area contributed by atoms with Gasteiger partial charge in [0.05, 0.1) is 22.7 Å². The number of halogens is 2. The molecule has 146 valence electrons. The third kappa shape index (κ3) is 7.28. The molecule has 0 saturated carbocycles. The number of rotatable bonds is 7. The molecule has 26 heavy (non-hydrogen) atoms. The van der Waals surface area contributed by atoms with Crippen molar-refractivity contribution in [2.45, 2.75) is 32.3 Å². The first kappa shape index (κ1) is 23.0. The number of carbonyl (C=O) groups is 1. The molecule has 1 heterocycles. The van der Waals surface area contributed by atoms with Crippen LogP contribution in [0.25, 0.3) is 0 Å². The molecule has 1 aromatic carbocycles. The summed E-state index contributed by atoms with van der Waals surface area (Å²) in [5.74, 6) is 0.549. The van der Waals surface area contributed by atoms with Gasteiger partial charge in [-0.05, 0) is 38.8 Å². The number of nitrogens with zero attached hydrogens (tertiary/aromatic N) is 1. The van der Waals surface area contributed by atoms with Gasteiger partial charge in [0, 0.05) is 26.2 Å². The highest BCUT2D eigenvalue weighted by Gasteiger charge is 2.29. The number of aliphatic imine (C=N–C) groups is 1. The molecule has 0 radical (unpaired) electrons. The molecule has 6 nitrogen and oxygen atoms in total. The van der Waals surface area contributed by atoms with E-state index in [4.69, 9.17) is 16.3 Å². The Morgan fingerprint density at radius 2 is 2.00 bits per heavy atom. The Balaban J connectivity index is 0.00000338. The molecule has 1 saturated heterocycles. The number of guanidine groups is 1. The normalized spacial score (nSPS) is 19.6. The number of nitrogens with one attached hydrogen (secondary N) is 3. The molecule has 1 amide bonds. The van der Waals surface area contributed by atoms with Crippen molar-refractivity contribution in [1.82, 2.24) is 16.0 Å². The van der Waals surface area contributed by atoms with E-state index in [-0.39, 0.29) is 35.5 Å². The van der Waals surface area contributed by atoms with E-state index in [9.17, 15) is 4.79 Å². The second kappa shape index (κ2) is 11.6. The van der Waals surface area contributed by atoms with Crippen LogP contribution in [0.3, 0.4) is 0 Å². The molecule has 0 aromatic heterocycles. The molecule has 0 spiro atoms. The Hall–Kier alpha value is -1.06. The molecule has 1 aromatic rings. The van der Waals surface area contributed by atoms with Gasteiger partial charge in [0.25, 0.3) is 5.91 Å². The van der Waals surface area contributed by atoms with Gasteiger partial charge < -0.3 is 20.7 Å². The highest BCUT2D eigenvalue weighted by Crippen LogP contribution is 2.24. The van der Waals surface area contributed by atoms with Crippen molar-refractivity contribution in [3.05, 3.63) is 34.9 Å². The topological polar surface area (TPSA) is 74.8 Å². The molecular formula is C18H28ClIN4O2. The van der Waals surface area contributed by atoms with E-state index in [1.807, 2.05) is 6.92 Å². The largest absolute Gasteiger partial charge is 0.373 e. The number of ether oxygens (including phenoxy) is 1. The van der Waals surface area contributed by atoms with E-state index in [1.54, 1.807) is 24.3 Å². The minimum atomic E-state index is -0.179. The summed E-state index contributed by atoms with van der Waals surface area (Å²) in [5, 5.41) is 9.72. The van der Waals surface area contributed by atoms with Gasteiger partial charge in [-0.1, -0.05) is 23.7 Å². The molecule has 1 fully saturated rings. The summed E-state index contributed by atoms with van der Waals surface area (Å²) >= 11 is 6.02. The van der Waals surface area contributed by atoms with Crippen molar-refractivity contribution in [3.63, 3.8) is 0 Å². The molecule has 1 atom stereocenters. The first-order valence-electron chi connectivity index (χ1n) is 8.73. The van der Waals surface area contributed by atoms with Crippen LogP contribution in [0.1, 0.15) is 37.0 Å². The zero-order chi connectivity index (χ0) is 18.1. The van der Waals surface area contributed by atoms with Crippen molar-refractivity contribution in [1.29, 1.82) is 0 Å². The second-order valence-corrected chi connectivity index (χ2v) is 6.67. The average Bonchev–Trinajstić information content (AvgIpc) is 3.03. The maximum atomic E-state index is 12.1. The maximum Gasteiger partial charge on any atom is 0.252 e. The quantitative estimate of drug-likeness (QED) is 0.236. The lowest BCUT2D eigenvalue weighted by Gasteiger charge is -2.21. The number of carbonyl (C=O) groups excluding carboxylic acids is 1. The van der Waals surface area contributed by atoms with Crippen LogP contribution in [0.15, 0.2) is 29.3 Å². The van der Waals surface area contributed by atoms with Crippen LogP contribution >= 0.6 is 35.6 Å². The van der Waals surface area contributed by atoms with Crippen LogP contribution in [0.2, 0.25) is 5.02 Å². The monoisotopic (exact) mass is 494 g/mol. The summed E-state index contributed by atoms with van der Waals surface area (Å²) in [6, 6.07) is 7.00. The van der Waals surface area contributed by atoms with Gasteiger partial charge in [0.15, 0.2) is 5.96 Å². The van der Waals surface area contributed by atoms with Gasteiger partial charge in [-0.15, -0.1) is 24.0 Å². The standard InChI is InChI=1S/C18H27ClN4O2.HI/c1-3-20-17(23-13-18(2)9-6-12-25-18)22-11-10-21-16(24)14-7-4-5-8-15(14)19;/h4-5,7-8H,3,6,9-13H2,1-2H3,(H,21,24)(H2,20,22,23);1H. The van der Waals surface area contributed by atoms with Crippen molar-refractivity contribution in [2.24, 2.45) is 4.99 Å². The molecule has 2 rings (SSSR count). The SMILES string of the molecule is CCNC(=NCC1(C)CCCO1)NCCNC(=O)c1ccccc1Cl.I. The summed E-state index contributed by atoms with van der Waals surface area (Å²) in [7, 11) is 0.